The zero-order chi connectivity index (χ0) is 18.4. The Labute approximate surface area is 164 Å². The maximum atomic E-state index is 12.9. The molecule has 3 nitrogen and oxygen atoms in total. The minimum Gasteiger partial charge on any atom is -0.280 e. The van der Waals surface area contributed by atoms with Crippen LogP contribution in [0.5, 0.6) is 0 Å². The first-order valence-electron chi connectivity index (χ1n) is 9.64. The van der Waals surface area contributed by atoms with Crippen LogP contribution in [-0.4, -0.2) is 21.7 Å². The predicted octanol–water partition coefficient (Wildman–Crippen LogP) is 5.12. The Morgan fingerprint density at radius 1 is 1.07 bits per heavy atom. The molecular formula is C23H22N2OS. The number of rotatable bonds is 1. The van der Waals surface area contributed by atoms with Crippen LogP contribution in [0.25, 0.3) is 5.70 Å². The molecule has 136 valence electrons. The first-order valence-corrected chi connectivity index (χ1v) is 10.6. The number of aliphatic imine (C=N–C) groups is 1. The predicted molar refractivity (Wildman–Crippen MR) is 112 cm³/mol. The molecular weight excluding hydrogens is 352 g/mol. The van der Waals surface area contributed by atoms with Crippen LogP contribution < -0.4 is 0 Å². The summed E-state index contributed by atoms with van der Waals surface area (Å²) in [5, 5.41) is 0.869. The highest BCUT2D eigenvalue weighted by Crippen LogP contribution is 2.46. The second-order valence-electron chi connectivity index (χ2n) is 7.46. The van der Waals surface area contributed by atoms with E-state index < -0.39 is 0 Å². The van der Waals surface area contributed by atoms with Gasteiger partial charge in [0.05, 0.1) is 11.7 Å². The van der Waals surface area contributed by atoms with E-state index in [-0.39, 0.29) is 11.9 Å². The van der Waals surface area contributed by atoms with Crippen molar-refractivity contribution in [3.63, 3.8) is 0 Å². The standard InChI is InChI=1S/C23H22N2OS/c1-15-10-11-16-8-5-9-18-21(19(16)14-15)24-23-25(20(26)12-13-27-23)22(18)17-6-3-2-4-7-17/h2-4,6-7,10-11,14,22H,5,8-9,12-13H2,1H3. The molecule has 0 bridgehead atoms. The van der Waals surface area contributed by atoms with Gasteiger partial charge in [0.25, 0.3) is 0 Å². The average molecular weight is 375 g/mol. The molecule has 2 aromatic carbocycles. The van der Waals surface area contributed by atoms with Gasteiger partial charge in [-0.2, -0.15) is 0 Å². The number of nitrogens with zero attached hydrogens (tertiary/aromatic N) is 2. The molecule has 1 saturated heterocycles. The molecule has 0 saturated carbocycles. The van der Waals surface area contributed by atoms with Crippen molar-refractivity contribution < 1.29 is 4.79 Å². The largest absolute Gasteiger partial charge is 0.280 e. The lowest BCUT2D eigenvalue weighted by atomic mass is 9.90. The number of benzene rings is 2. The van der Waals surface area contributed by atoms with Crippen molar-refractivity contribution >= 4 is 28.5 Å². The van der Waals surface area contributed by atoms with E-state index in [1.54, 1.807) is 11.8 Å². The van der Waals surface area contributed by atoms with Gasteiger partial charge in [-0.05, 0) is 49.0 Å². The topological polar surface area (TPSA) is 32.7 Å². The first kappa shape index (κ1) is 16.8. The number of thioether (sulfide) groups is 1. The molecule has 4 heteroatoms. The third kappa shape index (κ3) is 2.83. The normalized spacial score (nSPS) is 21.8. The molecule has 1 amide bonds. The van der Waals surface area contributed by atoms with E-state index in [0.717, 1.165) is 35.9 Å². The quantitative estimate of drug-likeness (QED) is 0.694. The van der Waals surface area contributed by atoms with Crippen LogP contribution in [0.15, 0.2) is 59.1 Å². The Morgan fingerprint density at radius 3 is 2.78 bits per heavy atom. The fourth-order valence-electron chi connectivity index (χ4n) is 4.39. The summed E-state index contributed by atoms with van der Waals surface area (Å²) in [4.78, 5) is 19.9. The summed E-state index contributed by atoms with van der Waals surface area (Å²) in [7, 11) is 0. The second-order valence-corrected chi connectivity index (χ2v) is 8.52. The molecule has 5 rings (SSSR count). The van der Waals surface area contributed by atoms with Gasteiger partial charge in [-0.3, -0.25) is 9.69 Å². The summed E-state index contributed by atoms with van der Waals surface area (Å²) in [5.74, 6) is 1.01. The van der Waals surface area contributed by atoms with E-state index in [1.807, 2.05) is 11.0 Å². The molecule has 3 aliphatic rings. The summed E-state index contributed by atoms with van der Waals surface area (Å²) in [6.07, 6.45) is 3.73. The van der Waals surface area contributed by atoms with Crippen LogP contribution in [0.3, 0.4) is 0 Å². The Balaban J connectivity index is 1.76. The molecule has 2 aliphatic heterocycles. The fourth-order valence-corrected chi connectivity index (χ4v) is 5.35. The number of aryl methyl sites for hydroxylation is 2. The van der Waals surface area contributed by atoms with Crippen LogP contribution in [0, 0.1) is 6.92 Å². The summed E-state index contributed by atoms with van der Waals surface area (Å²) in [5.41, 5.74) is 7.48. The Kier molecular flexibility index (Phi) is 4.16. The van der Waals surface area contributed by atoms with E-state index in [9.17, 15) is 4.79 Å². The lowest BCUT2D eigenvalue weighted by Crippen LogP contribution is -2.44. The van der Waals surface area contributed by atoms with Crippen LogP contribution in [0.4, 0.5) is 0 Å². The van der Waals surface area contributed by atoms with Crippen molar-refractivity contribution in [2.45, 2.75) is 38.6 Å². The number of hydrogen-bond donors (Lipinski definition) is 0. The molecule has 27 heavy (non-hydrogen) atoms. The lowest BCUT2D eigenvalue weighted by Gasteiger charge is -2.40. The maximum absolute atomic E-state index is 12.9. The van der Waals surface area contributed by atoms with Crippen molar-refractivity contribution in [1.29, 1.82) is 0 Å². The Morgan fingerprint density at radius 2 is 1.93 bits per heavy atom. The molecule has 0 N–H and O–H groups in total. The monoisotopic (exact) mass is 374 g/mol. The van der Waals surface area contributed by atoms with E-state index in [0.29, 0.717) is 6.42 Å². The van der Waals surface area contributed by atoms with Crippen molar-refractivity contribution in [3.05, 3.63) is 76.4 Å². The average Bonchev–Trinajstić information content (AvgIpc) is 2.86. The number of amides is 1. The van der Waals surface area contributed by atoms with Crippen LogP contribution in [-0.2, 0) is 11.2 Å². The maximum Gasteiger partial charge on any atom is 0.230 e. The highest BCUT2D eigenvalue weighted by molar-refractivity contribution is 8.14. The second kappa shape index (κ2) is 6.68. The van der Waals surface area contributed by atoms with Crippen molar-refractivity contribution in [1.82, 2.24) is 4.90 Å². The van der Waals surface area contributed by atoms with Crippen LogP contribution in [0.1, 0.15) is 47.6 Å². The molecule has 0 spiro atoms. The van der Waals surface area contributed by atoms with Crippen LogP contribution >= 0.6 is 11.8 Å². The molecule has 1 aliphatic carbocycles. The number of fused-ring (bicyclic) bond motifs is 3. The van der Waals surface area contributed by atoms with Crippen molar-refractivity contribution in [2.24, 2.45) is 4.99 Å². The molecule has 1 fully saturated rings. The third-order valence-electron chi connectivity index (χ3n) is 5.65. The molecule has 0 aromatic heterocycles. The first-order chi connectivity index (χ1) is 13.2. The minimum atomic E-state index is -0.0273. The van der Waals surface area contributed by atoms with Gasteiger partial charge in [0.2, 0.25) is 5.91 Å². The molecule has 1 atom stereocenters. The van der Waals surface area contributed by atoms with Gasteiger partial charge < -0.3 is 0 Å². The van der Waals surface area contributed by atoms with Crippen molar-refractivity contribution in [2.75, 3.05) is 5.75 Å². The zero-order valence-corrected chi connectivity index (χ0v) is 16.3. The van der Waals surface area contributed by atoms with Gasteiger partial charge in [0, 0.05) is 17.7 Å². The van der Waals surface area contributed by atoms with E-state index >= 15 is 0 Å². The van der Waals surface area contributed by atoms with Gasteiger partial charge in [-0.25, -0.2) is 4.99 Å². The summed E-state index contributed by atoms with van der Waals surface area (Å²) >= 11 is 1.71. The smallest absolute Gasteiger partial charge is 0.230 e. The summed E-state index contributed by atoms with van der Waals surface area (Å²) in [6.45, 7) is 2.14. The minimum absolute atomic E-state index is 0.0273. The van der Waals surface area contributed by atoms with Crippen LogP contribution in [0.2, 0.25) is 0 Å². The summed E-state index contributed by atoms with van der Waals surface area (Å²) in [6, 6.07) is 17.2. The molecule has 2 aromatic rings. The van der Waals surface area contributed by atoms with E-state index in [4.69, 9.17) is 4.99 Å². The Hall–Kier alpha value is -2.33. The van der Waals surface area contributed by atoms with E-state index in [2.05, 4.69) is 49.4 Å². The summed E-state index contributed by atoms with van der Waals surface area (Å²) < 4.78 is 0. The SMILES string of the molecule is Cc1ccc2c(c1)C1=C(CCC2)C(c2ccccc2)N2C(=O)CCSC2=N1. The van der Waals surface area contributed by atoms with Gasteiger partial charge >= 0.3 is 0 Å². The Bertz CT molecular complexity index is 977. The van der Waals surface area contributed by atoms with Crippen molar-refractivity contribution in [3.8, 4) is 0 Å². The van der Waals surface area contributed by atoms with Gasteiger partial charge in [0.1, 0.15) is 0 Å². The third-order valence-corrected chi connectivity index (χ3v) is 6.60. The van der Waals surface area contributed by atoms with Gasteiger partial charge in [-0.15, -0.1) is 0 Å². The number of carbonyl (C=O) groups excluding carboxylic acids is 1. The van der Waals surface area contributed by atoms with Gasteiger partial charge in [-0.1, -0.05) is 59.8 Å². The van der Waals surface area contributed by atoms with E-state index in [1.165, 1.54) is 27.8 Å². The zero-order valence-electron chi connectivity index (χ0n) is 15.4. The molecule has 2 heterocycles. The highest BCUT2D eigenvalue weighted by Gasteiger charge is 2.40. The number of carbonyl (C=O) groups is 1. The lowest BCUT2D eigenvalue weighted by molar-refractivity contribution is -0.128. The fraction of sp³-hybridized carbons (Fsp3) is 0.304. The highest BCUT2D eigenvalue weighted by atomic mass is 32.2. The number of hydrogen-bond acceptors (Lipinski definition) is 3. The number of amidine groups is 1. The molecule has 1 unspecified atom stereocenters. The molecule has 0 radical (unpaired) electrons. The van der Waals surface area contributed by atoms with Gasteiger partial charge in [0.15, 0.2) is 5.17 Å².